The number of aryl methyl sites for hydroxylation is 1. The predicted octanol–water partition coefficient (Wildman–Crippen LogP) is 2.70. The average Bonchev–Trinajstić information content (AvgIpc) is 3.13. The fourth-order valence-electron chi connectivity index (χ4n) is 2.42. The van der Waals surface area contributed by atoms with Crippen molar-refractivity contribution in [1.82, 2.24) is 9.55 Å². The van der Waals surface area contributed by atoms with E-state index in [1.54, 1.807) is 11.4 Å². The van der Waals surface area contributed by atoms with Crippen molar-refractivity contribution in [3.05, 3.63) is 58.0 Å². The van der Waals surface area contributed by atoms with Crippen LogP contribution < -0.4 is 10.9 Å². The standard InChI is InChI=1S/C18H15F2N3O4S/c1-10(16(25)22-15-12(19)3-2-4-13(15)20)27-14(24)5-7-23-9-21-17-11(18(23)26)6-8-28-17/h2-4,6,8-10H,5,7H2,1H3,(H,22,25). The number of carbonyl (C=O) groups is 2. The second-order valence-electron chi connectivity index (χ2n) is 5.85. The number of halogens is 2. The molecule has 146 valence electrons. The van der Waals surface area contributed by atoms with Crippen molar-refractivity contribution < 1.29 is 23.1 Å². The van der Waals surface area contributed by atoms with E-state index in [1.165, 1.54) is 29.2 Å². The number of fused-ring (bicyclic) bond motifs is 1. The fourth-order valence-corrected chi connectivity index (χ4v) is 3.14. The Bertz CT molecular complexity index is 1080. The van der Waals surface area contributed by atoms with Gasteiger partial charge in [0.05, 0.1) is 18.1 Å². The van der Waals surface area contributed by atoms with Gasteiger partial charge in [-0.15, -0.1) is 11.3 Å². The SMILES string of the molecule is CC(OC(=O)CCn1cnc2sccc2c1=O)C(=O)Nc1c(F)cccc1F. The minimum absolute atomic E-state index is 0.0206. The summed E-state index contributed by atoms with van der Waals surface area (Å²) in [6.45, 7) is 1.30. The Morgan fingerprint density at radius 2 is 2.00 bits per heavy atom. The van der Waals surface area contributed by atoms with Gasteiger partial charge in [0.1, 0.15) is 22.2 Å². The molecule has 10 heteroatoms. The molecule has 3 aromatic rings. The normalized spacial score (nSPS) is 12.0. The molecule has 1 unspecified atom stereocenters. The molecule has 0 aliphatic rings. The first-order valence-electron chi connectivity index (χ1n) is 8.24. The van der Waals surface area contributed by atoms with Gasteiger partial charge in [-0.3, -0.25) is 19.0 Å². The molecule has 7 nitrogen and oxygen atoms in total. The van der Waals surface area contributed by atoms with Crippen molar-refractivity contribution in [2.24, 2.45) is 0 Å². The summed E-state index contributed by atoms with van der Waals surface area (Å²) in [7, 11) is 0. The number of esters is 1. The van der Waals surface area contributed by atoms with Crippen molar-refractivity contribution >= 4 is 39.1 Å². The molecule has 0 saturated carbocycles. The van der Waals surface area contributed by atoms with E-state index in [4.69, 9.17) is 4.74 Å². The summed E-state index contributed by atoms with van der Waals surface area (Å²) in [6.07, 6.45) is -0.116. The van der Waals surface area contributed by atoms with E-state index in [-0.39, 0.29) is 18.5 Å². The van der Waals surface area contributed by atoms with Crippen LogP contribution in [-0.4, -0.2) is 27.5 Å². The first-order chi connectivity index (χ1) is 13.4. The van der Waals surface area contributed by atoms with Gasteiger partial charge in [-0.2, -0.15) is 0 Å². The smallest absolute Gasteiger partial charge is 0.308 e. The van der Waals surface area contributed by atoms with Crippen LogP contribution in [0.1, 0.15) is 13.3 Å². The van der Waals surface area contributed by atoms with Gasteiger partial charge in [-0.05, 0) is 30.5 Å². The number of para-hydroxylation sites is 1. The third-order valence-corrected chi connectivity index (χ3v) is 4.72. The van der Waals surface area contributed by atoms with Crippen molar-refractivity contribution in [3.63, 3.8) is 0 Å². The van der Waals surface area contributed by atoms with Gasteiger partial charge in [0, 0.05) is 6.54 Å². The third kappa shape index (κ3) is 4.22. The number of thiophene rings is 1. The Balaban J connectivity index is 1.57. The number of ether oxygens (including phenoxy) is 1. The summed E-state index contributed by atoms with van der Waals surface area (Å²) < 4.78 is 33.4. The minimum Gasteiger partial charge on any atom is -0.452 e. The summed E-state index contributed by atoms with van der Waals surface area (Å²) >= 11 is 1.33. The molecular formula is C18H15F2N3O4S. The number of carbonyl (C=O) groups excluding carboxylic acids is 2. The molecule has 0 saturated heterocycles. The monoisotopic (exact) mass is 407 g/mol. The lowest BCUT2D eigenvalue weighted by atomic mass is 10.2. The molecule has 0 bridgehead atoms. The molecule has 1 aromatic carbocycles. The highest BCUT2D eigenvalue weighted by Crippen LogP contribution is 2.18. The van der Waals surface area contributed by atoms with Crippen LogP contribution in [0.3, 0.4) is 0 Å². The zero-order chi connectivity index (χ0) is 20.3. The Labute approximate surface area is 161 Å². The highest BCUT2D eigenvalue weighted by molar-refractivity contribution is 7.16. The average molecular weight is 407 g/mol. The Morgan fingerprint density at radius 1 is 1.29 bits per heavy atom. The van der Waals surface area contributed by atoms with Crippen LogP contribution in [0, 0.1) is 11.6 Å². The number of hydrogen-bond donors (Lipinski definition) is 1. The fraction of sp³-hybridized carbons (Fsp3) is 0.222. The van der Waals surface area contributed by atoms with Gasteiger partial charge < -0.3 is 10.1 Å². The Morgan fingerprint density at radius 3 is 2.71 bits per heavy atom. The number of amides is 1. The lowest BCUT2D eigenvalue weighted by Crippen LogP contribution is -2.31. The maximum absolute atomic E-state index is 13.6. The van der Waals surface area contributed by atoms with Gasteiger partial charge in [0.2, 0.25) is 0 Å². The second kappa shape index (κ2) is 8.26. The number of hydrogen-bond acceptors (Lipinski definition) is 6. The van der Waals surface area contributed by atoms with Gasteiger partial charge in [-0.25, -0.2) is 13.8 Å². The molecule has 0 spiro atoms. The third-order valence-electron chi connectivity index (χ3n) is 3.90. The molecular weight excluding hydrogens is 392 g/mol. The Kier molecular flexibility index (Phi) is 5.78. The summed E-state index contributed by atoms with van der Waals surface area (Å²) in [5, 5.41) is 4.26. The topological polar surface area (TPSA) is 90.3 Å². The summed E-state index contributed by atoms with van der Waals surface area (Å²) in [5.74, 6) is -3.50. The van der Waals surface area contributed by atoms with Gasteiger partial charge in [0.25, 0.3) is 11.5 Å². The number of aromatic nitrogens is 2. The van der Waals surface area contributed by atoms with Gasteiger partial charge in [0.15, 0.2) is 6.10 Å². The largest absolute Gasteiger partial charge is 0.452 e. The molecule has 3 rings (SSSR count). The van der Waals surface area contributed by atoms with E-state index in [2.05, 4.69) is 10.3 Å². The van der Waals surface area contributed by atoms with Crippen LogP contribution in [0.2, 0.25) is 0 Å². The van der Waals surface area contributed by atoms with Crippen molar-refractivity contribution in [2.75, 3.05) is 5.32 Å². The van der Waals surface area contributed by atoms with Crippen LogP contribution in [0.25, 0.3) is 10.2 Å². The highest BCUT2D eigenvalue weighted by atomic mass is 32.1. The van der Waals surface area contributed by atoms with Crippen LogP contribution in [-0.2, 0) is 20.9 Å². The van der Waals surface area contributed by atoms with Crippen molar-refractivity contribution in [2.45, 2.75) is 26.0 Å². The second-order valence-corrected chi connectivity index (χ2v) is 6.75. The first-order valence-corrected chi connectivity index (χ1v) is 9.12. The zero-order valence-electron chi connectivity index (χ0n) is 14.6. The van der Waals surface area contributed by atoms with E-state index in [9.17, 15) is 23.2 Å². The van der Waals surface area contributed by atoms with E-state index < -0.39 is 35.3 Å². The zero-order valence-corrected chi connectivity index (χ0v) is 15.5. The highest BCUT2D eigenvalue weighted by Gasteiger charge is 2.21. The molecule has 0 fully saturated rings. The van der Waals surface area contributed by atoms with Crippen LogP contribution in [0.4, 0.5) is 14.5 Å². The van der Waals surface area contributed by atoms with Crippen LogP contribution in [0.15, 0.2) is 40.8 Å². The number of anilines is 1. The van der Waals surface area contributed by atoms with E-state index in [0.29, 0.717) is 10.2 Å². The lowest BCUT2D eigenvalue weighted by Gasteiger charge is -2.14. The maximum atomic E-state index is 13.6. The molecule has 1 amide bonds. The Hall–Kier alpha value is -3.14. The first kappa shape index (κ1) is 19.6. The van der Waals surface area contributed by atoms with Crippen molar-refractivity contribution in [1.29, 1.82) is 0 Å². The summed E-state index contributed by atoms with van der Waals surface area (Å²) in [5.41, 5.74) is -0.892. The summed E-state index contributed by atoms with van der Waals surface area (Å²) in [4.78, 5) is 40.9. The molecule has 1 atom stereocenters. The quantitative estimate of drug-likeness (QED) is 0.635. The number of rotatable bonds is 6. The minimum atomic E-state index is -1.28. The molecule has 2 heterocycles. The number of nitrogens with zero attached hydrogens (tertiary/aromatic N) is 2. The van der Waals surface area contributed by atoms with Crippen LogP contribution >= 0.6 is 11.3 Å². The molecule has 0 radical (unpaired) electrons. The molecule has 0 aliphatic carbocycles. The summed E-state index contributed by atoms with van der Waals surface area (Å²) in [6, 6.07) is 4.79. The number of benzene rings is 1. The maximum Gasteiger partial charge on any atom is 0.308 e. The van der Waals surface area contributed by atoms with E-state index >= 15 is 0 Å². The van der Waals surface area contributed by atoms with E-state index in [1.807, 2.05) is 0 Å². The van der Waals surface area contributed by atoms with Gasteiger partial charge in [-0.1, -0.05) is 6.07 Å². The van der Waals surface area contributed by atoms with Gasteiger partial charge >= 0.3 is 5.97 Å². The molecule has 2 aromatic heterocycles. The number of nitrogens with one attached hydrogen (secondary N) is 1. The van der Waals surface area contributed by atoms with Crippen LogP contribution in [0.5, 0.6) is 0 Å². The molecule has 28 heavy (non-hydrogen) atoms. The van der Waals surface area contributed by atoms with Crippen molar-refractivity contribution in [3.8, 4) is 0 Å². The molecule has 0 aliphatic heterocycles. The predicted molar refractivity (Wildman–Crippen MR) is 99.0 cm³/mol. The molecule has 1 N–H and O–H groups in total. The lowest BCUT2D eigenvalue weighted by molar-refractivity contribution is -0.153. The van der Waals surface area contributed by atoms with E-state index in [0.717, 1.165) is 18.2 Å².